The lowest BCUT2D eigenvalue weighted by molar-refractivity contribution is -0.941. The number of aromatic nitrogens is 1. The third kappa shape index (κ3) is 1.25. The zero-order valence-corrected chi connectivity index (χ0v) is 14.1. The van der Waals surface area contributed by atoms with Crippen LogP contribution >= 0.6 is 11.3 Å². The molecule has 0 radical (unpaired) electrons. The Morgan fingerprint density at radius 1 is 1.27 bits per heavy atom. The molecule has 3 aliphatic heterocycles. The Bertz CT molecular complexity index is 985. The summed E-state index contributed by atoms with van der Waals surface area (Å²) in [6.45, 7) is 7.61. The van der Waals surface area contributed by atoms with Gasteiger partial charge in [0.25, 0.3) is 0 Å². The summed E-state index contributed by atoms with van der Waals surface area (Å²) in [4.78, 5) is 5.53. The van der Waals surface area contributed by atoms with Crippen molar-refractivity contribution in [2.24, 2.45) is 0 Å². The van der Waals surface area contributed by atoms with Crippen molar-refractivity contribution in [2.45, 2.75) is 26.9 Å². The molecule has 1 fully saturated rings. The number of benzene rings is 1. The van der Waals surface area contributed by atoms with E-state index in [1.807, 2.05) is 6.92 Å². The summed E-state index contributed by atoms with van der Waals surface area (Å²) in [5.74, 6) is 0.750. The molecule has 2 aromatic heterocycles. The largest absolute Gasteiger partial charge is 0.430 e. The first-order valence-electron chi connectivity index (χ1n) is 7.67. The van der Waals surface area contributed by atoms with E-state index in [1.165, 1.54) is 21.3 Å². The van der Waals surface area contributed by atoms with Crippen LogP contribution in [0.4, 0.5) is 5.69 Å². The first-order chi connectivity index (χ1) is 10.4. The van der Waals surface area contributed by atoms with Gasteiger partial charge in [-0.15, -0.1) is 0 Å². The molecule has 3 aromatic rings. The highest BCUT2D eigenvalue weighted by Gasteiger charge is 2.67. The molecule has 0 saturated carbocycles. The molecule has 5 heteroatoms. The molecule has 112 valence electrons. The van der Waals surface area contributed by atoms with Gasteiger partial charge in [-0.3, -0.25) is 0 Å². The van der Waals surface area contributed by atoms with Crippen LogP contribution in [0.3, 0.4) is 0 Å². The van der Waals surface area contributed by atoms with E-state index in [-0.39, 0.29) is 0 Å². The Morgan fingerprint density at radius 3 is 2.77 bits per heavy atom. The van der Waals surface area contributed by atoms with Gasteiger partial charge < -0.3 is 4.42 Å². The normalized spacial score (nSPS) is 33.0. The Labute approximate surface area is 133 Å². The average Bonchev–Trinajstić information content (AvgIpc) is 3.15. The number of fused-ring (bicyclic) bond motifs is 3. The number of hydrogen-bond acceptors (Lipinski definition) is 3. The highest BCUT2D eigenvalue weighted by Crippen LogP contribution is 2.53. The number of oxazole rings is 1. The van der Waals surface area contributed by atoms with E-state index in [0.717, 1.165) is 31.9 Å². The Balaban J connectivity index is 1.86. The summed E-state index contributed by atoms with van der Waals surface area (Å²) < 4.78 is 9.12. The minimum absolute atomic E-state index is 0.549. The second-order valence-electron chi connectivity index (χ2n) is 6.93. The van der Waals surface area contributed by atoms with Gasteiger partial charge in [-0.05, 0) is 6.92 Å². The minimum Gasteiger partial charge on any atom is -0.430 e. The van der Waals surface area contributed by atoms with Crippen molar-refractivity contribution in [3.63, 3.8) is 0 Å². The summed E-state index contributed by atoms with van der Waals surface area (Å²) in [5.41, 5.74) is 3.81. The molecule has 5 heterocycles. The van der Waals surface area contributed by atoms with Gasteiger partial charge in [-0.2, -0.15) is 8.97 Å². The number of thiophene rings is 1. The van der Waals surface area contributed by atoms with Crippen LogP contribution < -0.4 is 4.48 Å². The molecule has 1 aromatic carbocycles. The van der Waals surface area contributed by atoms with Crippen molar-refractivity contribution in [3.05, 3.63) is 36.0 Å². The lowest BCUT2D eigenvalue weighted by Gasteiger charge is -2.51. The van der Waals surface area contributed by atoms with Crippen LogP contribution in [0.1, 0.15) is 18.4 Å². The van der Waals surface area contributed by atoms with Gasteiger partial charge in [0.15, 0.2) is 24.0 Å². The molecular weight excluding hydrogens is 294 g/mol. The van der Waals surface area contributed by atoms with E-state index in [1.54, 1.807) is 11.3 Å². The standard InChI is InChI=1S/C17H19N3OS/c1-10-5-6-13-14-17(21-11(2)18-14)22-16(13)15(10)20-8-7-19(4,9-20)12(20)3/h5-8,12H,9H2,1-4H3/q+2/t12-,19?,20?/m0/s1. The predicted molar refractivity (Wildman–Crippen MR) is 90.3 cm³/mol. The van der Waals surface area contributed by atoms with E-state index in [4.69, 9.17) is 4.42 Å². The van der Waals surface area contributed by atoms with Crippen molar-refractivity contribution in [1.29, 1.82) is 0 Å². The number of rotatable bonds is 1. The molecule has 0 spiro atoms. The molecule has 22 heavy (non-hydrogen) atoms. The highest BCUT2D eigenvalue weighted by atomic mass is 32.1. The number of aryl methyl sites for hydroxylation is 2. The van der Waals surface area contributed by atoms with E-state index in [0.29, 0.717) is 6.17 Å². The topological polar surface area (TPSA) is 26.0 Å². The molecule has 4 nitrogen and oxygen atoms in total. The minimum atomic E-state index is 0.549. The van der Waals surface area contributed by atoms with Crippen molar-refractivity contribution >= 4 is 37.5 Å². The zero-order valence-electron chi connectivity index (χ0n) is 13.3. The molecule has 0 N–H and O–H groups in total. The number of quaternary nitrogens is 2. The van der Waals surface area contributed by atoms with Crippen LogP contribution in [0.5, 0.6) is 0 Å². The van der Waals surface area contributed by atoms with Crippen molar-refractivity contribution in [2.75, 3.05) is 13.7 Å². The molecule has 6 rings (SSSR count). The summed E-state index contributed by atoms with van der Waals surface area (Å²) >= 11 is 1.75. The van der Waals surface area contributed by atoms with Gasteiger partial charge in [0.05, 0.1) is 7.05 Å². The van der Waals surface area contributed by atoms with Gasteiger partial charge in [-0.25, -0.2) is 4.98 Å². The molecular formula is C17H19N3OS+2. The lowest BCUT2D eigenvalue weighted by atomic mass is 10.1. The SMILES string of the molecule is Cc1nc2c(o1)sc1c([N+]34C=C[N+](C)(C3)[C@@H]4C)c(C)ccc12. The van der Waals surface area contributed by atoms with Crippen LogP contribution in [0, 0.1) is 13.8 Å². The van der Waals surface area contributed by atoms with Gasteiger partial charge >= 0.3 is 0 Å². The van der Waals surface area contributed by atoms with Crippen LogP contribution in [-0.2, 0) is 0 Å². The fourth-order valence-corrected chi connectivity index (χ4v) is 5.58. The van der Waals surface area contributed by atoms with E-state index >= 15 is 0 Å². The molecule has 3 aliphatic rings. The Hall–Kier alpha value is -1.69. The first kappa shape index (κ1) is 12.8. The molecule has 1 saturated heterocycles. The van der Waals surface area contributed by atoms with Gasteiger partial charge in [-0.1, -0.05) is 23.5 Å². The Morgan fingerprint density at radius 2 is 2.09 bits per heavy atom. The number of hydrogen-bond donors (Lipinski definition) is 0. The maximum absolute atomic E-state index is 5.78. The summed E-state index contributed by atoms with van der Waals surface area (Å²) in [6.07, 6.45) is 5.28. The second kappa shape index (κ2) is 3.62. The zero-order chi connectivity index (χ0) is 15.3. The maximum Gasteiger partial charge on any atom is 0.236 e. The monoisotopic (exact) mass is 313 g/mol. The second-order valence-corrected chi connectivity index (χ2v) is 7.91. The molecule has 3 atom stereocenters. The van der Waals surface area contributed by atoms with Crippen LogP contribution in [0.2, 0.25) is 0 Å². The summed E-state index contributed by atoms with van der Waals surface area (Å²) in [6, 6.07) is 4.44. The maximum atomic E-state index is 5.78. The van der Waals surface area contributed by atoms with Crippen LogP contribution in [-0.4, -0.2) is 29.3 Å². The average molecular weight is 313 g/mol. The first-order valence-corrected chi connectivity index (χ1v) is 8.49. The van der Waals surface area contributed by atoms with E-state index < -0.39 is 0 Å². The molecule has 0 amide bonds. The van der Waals surface area contributed by atoms with E-state index in [2.05, 4.69) is 50.4 Å². The van der Waals surface area contributed by atoms with Gasteiger partial charge in [0.1, 0.15) is 10.2 Å². The smallest absolute Gasteiger partial charge is 0.236 e. The quantitative estimate of drug-likeness (QED) is 0.629. The van der Waals surface area contributed by atoms with Crippen LogP contribution in [0.25, 0.3) is 20.5 Å². The predicted octanol–water partition coefficient (Wildman–Crippen LogP) is 4.22. The fraction of sp³-hybridized carbons (Fsp3) is 0.353. The third-order valence-electron chi connectivity index (χ3n) is 5.63. The van der Waals surface area contributed by atoms with E-state index in [9.17, 15) is 0 Å². The molecule has 0 aliphatic carbocycles. The fourth-order valence-electron chi connectivity index (χ4n) is 4.28. The van der Waals surface area contributed by atoms with Crippen molar-refractivity contribution < 1.29 is 8.90 Å². The molecule has 2 unspecified atom stereocenters. The van der Waals surface area contributed by atoms with Gasteiger partial charge in [0.2, 0.25) is 17.7 Å². The third-order valence-corrected chi connectivity index (χ3v) is 6.71. The van der Waals surface area contributed by atoms with Crippen molar-refractivity contribution in [3.8, 4) is 0 Å². The van der Waals surface area contributed by atoms with Crippen LogP contribution in [0.15, 0.2) is 28.9 Å². The number of nitrogens with zero attached hydrogens (tertiary/aromatic N) is 3. The highest BCUT2D eigenvalue weighted by molar-refractivity contribution is 7.25. The summed E-state index contributed by atoms with van der Waals surface area (Å²) in [5, 5.41) is 1.23. The molecule has 2 bridgehead atoms. The lowest BCUT2D eigenvalue weighted by Crippen LogP contribution is -2.76. The Kier molecular flexibility index (Phi) is 2.11. The van der Waals surface area contributed by atoms with Gasteiger partial charge in [0, 0.05) is 24.8 Å². The summed E-state index contributed by atoms with van der Waals surface area (Å²) in [7, 11) is 2.31. The van der Waals surface area contributed by atoms with Crippen molar-refractivity contribution in [1.82, 2.24) is 9.47 Å².